The van der Waals surface area contributed by atoms with Gasteiger partial charge in [0.2, 0.25) is 0 Å². The Morgan fingerprint density at radius 3 is 2.35 bits per heavy atom. The normalized spacial score (nSPS) is 15.7. The summed E-state index contributed by atoms with van der Waals surface area (Å²) in [6.45, 7) is 0.558. The summed E-state index contributed by atoms with van der Waals surface area (Å²) < 4.78 is 15.9. The Balaban J connectivity index is 0.00000144. The number of halogens is 1. The van der Waals surface area contributed by atoms with E-state index in [4.69, 9.17) is 19.9 Å². The van der Waals surface area contributed by atoms with Crippen molar-refractivity contribution in [2.75, 3.05) is 20.8 Å². The van der Waals surface area contributed by atoms with Crippen molar-refractivity contribution in [1.29, 1.82) is 0 Å². The molecule has 1 saturated carbocycles. The fourth-order valence-electron chi connectivity index (χ4n) is 1.44. The smallest absolute Gasteiger partial charge is 0.164 e. The van der Waals surface area contributed by atoms with Crippen LogP contribution in [0.2, 0.25) is 0 Å². The Labute approximate surface area is 107 Å². The summed E-state index contributed by atoms with van der Waals surface area (Å²) in [5.74, 6) is 2.12. The first kappa shape index (κ1) is 13.9. The molecule has 2 rings (SSSR count). The van der Waals surface area contributed by atoms with E-state index in [9.17, 15) is 0 Å². The molecule has 0 atom stereocenters. The van der Waals surface area contributed by atoms with Gasteiger partial charge in [-0.15, -0.1) is 12.4 Å². The van der Waals surface area contributed by atoms with E-state index >= 15 is 0 Å². The van der Waals surface area contributed by atoms with Crippen molar-refractivity contribution in [2.24, 2.45) is 5.73 Å². The van der Waals surface area contributed by atoms with E-state index in [0.29, 0.717) is 18.1 Å². The van der Waals surface area contributed by atoms with Crippen molar-refractivity contribution >= 4 is 12.4 Å². The molecule has 1 fully saturated rings. The van der Waals surface area contributed by atoms with Crippen molar-refractivity contribution in [3.8, 4) is 17.2 Å². The van der Waals surface area contributed by atoms with Crippen LogP contribution in [0.3, 0.4) is 0 Å². The van der Waals surface area contributed by atoms with Crippen LogP contribution in [0.15, 0.2) is 18.2 Å². The van der Waals surface area contributed by atoms with Gasteiger partial charge in [0.05, 0.1) is 19.8 Å². The van der Waals surface area contributed by atoms with E-state index in [0.717, 1.165) is 18.6 Å². The number of benzene rings is 1. The molecule has 0 spiro atoms. The predicted octanol–water partition coefficient (Wildman–Crippen LogP) is 2.00. The maximum Gasteiger partial charge on any atom is 0.164 e. The lowest BCUT2D eigenvalue weighted by Gasteiger charge is -2.13. The molecule has 1 aromatic rings. The highest BCUT2D eigenvalue weighted by Crippen LogP contribution is 2.35. The van der Waals surface area contributed by atoms with Gasteiger partial charge in [0.15, 0.2) is 11.5 Å². The number of nitrogens with two attached hydrogens (primary N) is 1. The van der Waals surface area contributed by atoms with Gasteiger partial charge in [0.1, 0.15) is 12.4 Å². The van der Waals surface area contributed by atoms with Crippen molar-refractivity contribution in [3.05, 3.63) is 18.2 Å². The highest BCUT2D eigenvalue weighted by molar-refractivity contribution is 5.85. The van der Waals surface area contributed by atoms with Gasteiger partial charge in [-0.25, -0.2) is 0 Å². The molecule has 5 heteroatoms. The SMILES string of the molecule is COc1ccc(OCC2(N)CC2)cc1OC.Cl. The molecule has 0 unspecified atom stereocenters. The molecule has 1 aliphatic rings. The van der Waals surface area contributed by atoms with Crippen LogP contribution in [0.1, 0.15) is 12.8 Å². The summed E-state index contributed by atoms with van der Waals surface area (Å²) in [7, 11) is 3.21. The number of hydrogen-bond donors (Lipinski definition) is 1. The van der Waals surface area contributed by atoms with Gasteiger partial charge in [-0.3, -0.25) is 0 Å². The predicted molar refractivity (Wildman–Crippen MR) is 68.4 cm³/mol. The van der Waals surface area contributed by atoms with E-state index in [2.05, 4.69) is 0 Å². The van der Waals surface area contributed by atoms with Crippen LogP contribution in [0, 0.1) is 0 Å². The fraction of sp³-hybridized carbons (Fsp3) is 0.500. The zero-order valence-corrected chi connectivity index (χ0v) is 10.9. The third-order valence-corrected chi connectivity index (χ3v) is 2.77. The highest BCUT2D eigenvalue weighted by atomic mass is 35.5. The van der Waals surface area contributed by atoms with Crippen LogP contribution in [0.4, 0.5) is 0 Å². The van der Waals surface area contributed by atoms with Gasteiger partial charge in [-0.2, -0.15) is 0 Å². The number of ether oxygens (including phenoxy) is 3. The number of methoxy groups -OCH3 is 2. The average molecular weight is 260 g/mol. The molecule has 0 aliphatic heterocycles. The Hall–Kier alpha value is -1.13. The zero-order chi connectivity index (χ0) is 11.6. The minimum Gasteiger partial charge on any atom is -0.493 e. The van der Waals surface area contributed by atoms with Crippen LogP contribution in [-0.4, -0.2) is 26.4 Å². The Bertz CT molecular complexity index is 380. The van der Waals surface area contributed by atoms with Crippen molar-refractivity contribution in [3.63, 3.8) is 0 Å². The van der Waals surface area contributed by atoms with Gasteiger partial charge in [0, 0.05) is 6.07 Å². The molecule has 0 saturated heterocycles. The topological polar surface area (TPSA) is 53.7 Å². The first-order valence-electron chi connectivity index (χ1n) is 5.30. The lowest BCUT2D eigenvalue weighted by molar-refractivity contribution is 0.276. The van der Waals surface area contributed by atoms with Gasteiger partial charge >= 0.3 is 0 Å². The van der Waals surface area contributed by atoms with E-state index in [-0.39, 0.29) is 17.9 Å². The summed E-state index contributed by atoms with van der Waals surface area (Å²) in [5.41, 5.74) is 5.84. The zero-order valence-electron chi connectivity index (χ0n) is 10.1. The largest absolute Gasteiger partial charge is 0.493 e. The lowest BCUT2D eigenvalue weighted by atomic mass is 10.3. The van der Waals surface area contributed by atoms with Crippen molar-refractivity contribution in [2.45, 2.75) is 18.4 Å². The van der Waals surface area contributed by atoms with Gasteiger partial charge in [0.25, 0.3) is 0 Å². The van der Waals surface area contributed by atoms with E-state index < -0.39 is 0 Å². The summed E-state index contributed by atoms with van der Waals surface area (Å²) in [6.07, 6.45) is 2.08. The summed E-state index contributed by atoms with van der Waals surface area (Å²) >= 11 is 0. The fourth-order valence-corrected chi connectivity index (χ4v) is 1.44. The molecular weight excluding hydrogens is 242 g/mol. The Morgan fingerprint density at radius 2 is 1.82 bits per heavy atom. The summed E-state index contributed by atoms with van der Waals surface area (Å²) in [4.78, 5) is 0. The third-order valence-electron chi connectivity index (χ3n) is 2.77. The van der Waals surface area contributed by atoms with Gasteiger partial charge in [-0.1, -0.05) is 0 Å². The van der Waals surface area contributed by atoms with Gasteiger partial charge < -0.3 is 19.9 Å². The maximum atomic E-state index is 5.94. The summed E-state index contributed by atoms with van der Waals surface area (Å²) in [5, 5.41) is 0. The quantitative estimate of drug-likeness (QED) is 0.879. The average Bonchev–Trinajstić information content (AvgIpc) is 3.05. The van der Waals surface area contributed by atoms with Crippen LogP contribution >= 0.6 is 12.4 Å². The second-order valence-electron chi connectivity index (χ2n) is 4.17. The van der Waals surface area contributed by atoms with Crippen LogP contribution in [0.5, 0.6) is 17.2 Å². The Morgan fingerprint density at radius 1 is 1.18 bits per heavy atom. The minimum atomic E-state index is -0.104. The molecule has 0 heterocycles. The molecule has 1 aliphatic carbocycles. The molecule has 17 heavy (non-hydrogen) atoms. The molecule has 0 amide bonds. The first-order chi connectivity index (χ1) is 7.67. The highest BCUT2D eigenvalue weighted by Gasteiger charge is 2.39. The molecule has 96 valence electrons. The monoisotopic (exact) mass is 259 g/mol. The van der Waals surface area contributed by atoms with Crippen LogP contribution in [-0.2, 0) is 0 Å². The van der Waals surface area contributed by atoms with Crippen molar-refractivity contribution in [1.82, 2.24) is 0 Å². The van der Waals surface area contributed by atoms with Gasteiger partial charge in [-0.05, 0) is 25.0 Å². The molecular formula is C12H18ClNO3. The third kappa shape index (κ3) is 3.41. The molecule has 0 bridgehead atoms. The standard InChI is InChI=1S/C12H17NO3.ClH/c1-14-10-4-3-9(7-11(10)15-2)16-8-12(13)5-6-12;/h3-4,7H,5-6,8,13H2,1-2H3;1H. The van der Waals surface area contributed by atoms with Crippen LogP contribution in [0.25, 0.3) is 0 Å². The number of hydrogen-bond acceptors (Lipinski definition) is 4. The van der Waals surface area contributed by atoms with E-state index in [1.54, 1.807) is 14.2 Å². The second-order valence-corrected chi connectivity index (χ2v) is 4.17. The second kappa shape index (κ2) is 5.47. The summed E-state index contributed by atoms with van der Waals surface area (Å²) in [6, 6.07) is 5.49. The van der Waals surface area contributed by atoms with Crippen molar-refractivity contribution < 1.29 is 14.2 Å². The number of rotatable bonds is 5. The lowest BCUT2D eigenvalue weighted by Crippen LogP contribution is -2.29. The molecule has 4 nitrogen and oxygen atoms in total. The maximum absolute atomic E-state index is 5.94. The van der Waals surface area contributed by atoms with Crippen LogP contribution < -0.4 is 19.9 Å². The van der Waals surface area contributed by atoms with E-state index in [1.807, 2.05) is 18.2 Å². The Kier molecular flexibility index (Phi) is 4.48. The first-order valence-corrected chi connectivity index (χ1v) is 5.30. The molecule has 1 aromatic carbocycles. The van der Waals surface area contributed by atoms with E-state index in [1.165, 1.54) is 0 Å². The minimum absolute atomic E-state index is 0. The molecule has 0 aromatic heterocycles. The molecule has 2 N–H and O–H groups in total. The molecule has 0 radical (unpaired) electrons.